The zero-order chi connectivity index (χ0) is 15.1. The first kappa shape index (κ1) is 18.7. The molecule has 20 heavy (non-hydrogen) atoms. The van der Waals surface area contributed by atoms with Crippen molar-refractivity contribution >= 4 is 6.21 Å². The van der Waals surface area contributed by atoms with Crippen LogP contribution in [0.4, 0.5) is 0 Å². The van der Waals surface area contributed by atoms with Crippen LogP contribution in [0.25, 0.3) is 0 Å². The summed E-state index contributed by atoms with van der Waals surface area (Å²) in [5, 5.41) is 19.9. The number of hydrogen-bond acceptors (Lipinski definition) is 3. The molecule has 1 aromatic rings. The fourth-order valence-electron chi connectivity index (χ4n) is 1.97. The van der Waals surface area contributed by atoms with Gasteiger partial charge >= 0.3 is 0 Å². The number of aliphatic hydroxyl groups is 1. The van der Waals surface area contributed by atoms with Crippen molar-refractivity contribution in [1.29, 1.82) is 0 Å². The summed E-state index contributed by atoms with van der Waals surface area (Å²) in [6.07, 6.45) is 9.24. The maximum Gasteiger partial charge on any atom is 0.0580 e. The normalized spacial score (nSPS) is 11.9. The van der Waals surface area contributed by atoms with Crippen molar-refractivity contribution in [3.63, 3.8) is 0 Å². The highest BCUT2D eigenvalue weighted by atomic mass is 16.4. The van der Waals surface area contributed by atoms with Crippen molar-refractivity contribution in [2.24, 2.45) is 5.16 Å². The standard InChI is InChI=1S/C15H24O.C2H5NO/c1-2-3-4-5-9-12-15(16)13-14-10-7-6-8-11-14;1-2-3-4/h6-8,10-11,15-16H,2-5,9,12-13H2,1H3;2,4H,1H3. The predicted molar refractivity (Wildman–Crippen MR) is 85.5 cm³/mol. The molecular formula is C17H29NO2. The quantitative estimate of drug-likeness (QED) is 0.320. The molecule has 0 saturated carbocycles. The molecule has 0 heterocycles. The van der Waals surface area contributed by atoms with Crippen molar-refractivity contribution in [3.05, 3.63) is 35.9 Å². The van der Waals surface area contributed by atoms with Crippen molar-refractivity contribution in [2.45, 2.75) is 64.9 Å². The first-order valence-corrected chi connectivity index (χ1v) is 7.58. The maximum atomic E-state index is 9.86. The molecule has 0 saturated heterocycles. The fraction of sp³-hybridized carbons (Fsp3) is 0.588. The molecule has 0 aliphatic rings. The van der Waals surface area contributed by atoms with Crippen LogP contribution in [-0.2, 0) is 6.42 Å². The Balaban J connectivity index is 0.000000796. The van der Waals surface area contributed by atoms with E-state index in [9.17, 15) is 5.11 Å². The van der Waals surface area contributed by atoms with Crippen LogP contribution in [0.5, 0.6) is 0 Å². The number of aliphatic hydroxyl groups excluding tert-OH is 1. The van der Waals surface area contributed by atoms with Crippen molar-refractivity contribution < 1.29 is 10.3 Å². The molecule has 1 aromatic carbocycles. The molecule has 2 N–H and O–H groups in total. The van der Waals surface area contributed by atoms with Crippen LogP contribution in [0, 0.1) is 0 Å². The Bertz CT molecular complexity index is 321. The Morgan fingerprint density at radius 2 is 1.70 bits per heavy atom. The van der Waals surface area contributed by atoms with E-state index in [-0.39, 0.29) is 6.10 Å². The lowest BCUT2D eigenvalue weighted by atomic mass is 10.0. The van der Waals surface area contributed by atoms with Gasteiger partial charge in [0.1, 0.15) is 0 Å². The zero-order valence-corrected chi connectivity index (χ0v) is 12.8. The smallest absolute Gasteiger partial charge is 0.0580 e. The highest BCUT2D eigenvalue weighted by Gasteiger charge is 2.04. The van der Waals surface area contributed by atoms with Gasteiger partial charge in [0.05, 0.1) is 6.10 Å². The van der Waals surface area contributed by atoms with E-state index in [4.69, 9.17) is 5.21 Å². The summed E-state index contributed by atoms with van der Waals surface area (Å²) in [6.45, 7) is 3.87. The monoisotopic (exact) mass is 279 g/mol. The van der Waals surface area contributed by atoms with E-state index < -0.39 is 0 Å². The third kappa shape index (κ3) is 11.7. The van der Waals surface area contributed by atoms with Gasteiger partial charge in [0.2, 0.25) is 0 Å². The second-order valence-corrected chi connectivity index (χ2v) is 4.92. The molecule has 0 radical (unpaired) electrons. The van der Waals surface area contributed by atoms with Gasteiger partial charge in [0.15, 0.2) is 0 Å². The molecular weight excluding hydrogens is 250 g/mol. The van der Waals surface area contributed by atoms with Crippen LogP contribution in [0.15, 0.2) is 35.5 Å². The highest BCUT2D eigenvalue weighted by Crippen LogP contribution is 2.11. The summed E-state index contributed by atoms with van der Waals surface area (Å²) < 4.78 is 0. The molecule has 1 rings (SSSR count). The summed E-state index contributed by atoms with van der Waals surface area (Å²) in [6, 6.07) is 10.2. The zero-order valence-electron chi connectivity index (χ0n) is 12.8. The lowest BCUT2D eigenvalue weighted by molar-refractivity contribution is 0.161. The van der Waals surface area contributed by atoms with Gasteiger partial charge in [-0.2, -0.15) is 0 Å². The molecule has 1 atom stereocenters. The van der Waals surface area contributed by atoms with Gasteiger partial charge in [-0.1, -0.05) is 69.4 Å². The lowest BCUT2D eigenvalue weighted by Crippen LogP contribution is -2.10. The van der Waals surface area contributed by atoms with Gasteiger partial charge in [0.25, 0.3) is 0 Å². The molecule has 1 unspecified atom stereocenters. The Morgan fingerprint density at radius 1 is 1.10 bits per heavy atom. The van der Waals surface area contributed by atoms with Gasteiger partial charge in [-0.25, -0.2) is 0 Å². The van der Waals surface area contributed by atoms with Crippen molar-refractivity contribution in [1.82, 2.24) is 0 Å². The summed E-state index contributed by atoms with van der Waals surface area (Å²) >= 11 is 0. The van der Waals surface area contributed by atoms with Crippen LogP contribution in [0.3, 0.4) is 0 Å². The summed E-state index contributed by atoms with van der Waals surface area (Å²) in [4.78, 5) is 0. The van der Waals surface area contributed by atoms with Gasteiger partial charge in [-0.05, 0) is 25.3 Å². The Hall–Kier alpha value is -1.35. The van der Waals surface area contributed by atoms with Gasteiger partial charge in [-0.15, -0.1) is 5.16 Å². The lowest BCUT2D eigenvalue weighted by Gasteiger charge is -2.10. The average Bonchev–Trinajstić information content (AvgIpc) is 2.48. The van der Waals surface area contributed by atoms with Crippen molar-refractivity contribution in [3.8, 4) is 0 Å². The van der Waals surface area contributed by atoms with Crippen LogP contribution in [-0.4, -0.2) is 22.6 Å². The predicted octanol–water partition coefficient (Wildman–Crippen LogP) is 4.42. The Labute approximate surface area is 123 Å². The minimum Gasteiger partial charge on any atom is -0.411 e. The maximum absolute atomic E-state index is 9.86. The average molecular weight is 279 g/mol. The van der Waals surface area contributed by atoms with E-state index in [2.05, 4.69) is 24.2 Å². The highest BCUT2D eigenvalue weighted by molar-refractivity contribution is 5.51. The largest absolute Gasteiger partial charge is 0.411 e. The molecule has 3 heteroatoms. The number of rotatable bonds is 8. The van der Waals surface area contributed by atoms with Gasteiger partial charge < -0.3 is 10.3 Å². The third-order valence-electron chi connectivity index (χ3n) is 3.07. The van der Waals surface area contributed by atoms with E-state index in [1.54, 1.807) is 6.92 Å². The molecule has 0 aromatic heterocycles. The van der Waals surface area contributed by atoms with Gasteiger partial charge in [-0.3, -0.25) is 0 Å². The Kier molecular flexibility index (Phi) is 13.1. The summed E-state index contributed by atoms with van der Waals surface area (Å²) in [5.41, 5.74) is 1.24. The van der Waals surface area contributed by atoms with Crippen LogP contribution in [0.2, 0.25) is 0 Å². The minimum absolute atomic E-state index is 0.163. The van der Waals surface area contributed by atoms with E-state index in [1.807, 2.05) is 18.2 Å². The molecule has 0 aliphatic carbocycles. The van der Waals surface area contributed by atoms with E-state index >= 15 is 0 Å². The molecule has 0 bridgehead atoms. The number of benzene rings is 1. The second kappa shape index (κ2) is 14.1. The second-order valence-electron chi connectivity index (χ2n) is 4.92. The van der Waals surface area contributed by atoms with Crippen LogP contribution >= 0.6 is 0 Å². The van der Waals surface area contributed by atoms with Gasteiger partial charge in [0, 0.05) is 6.21 Å². The molecule has 0 spiro atoms. The number of nitrogens with zero attached hydrogens (tertiary/aromatic N) is 1. The molecule has 114 valence electrons. The van der Waals surface area contributed by atoms with E-state index in [1.165, 1.54) is 37.5 Å². The first-order valence-electron chi connectivity index (χ1n) is 7.58. The first-order chi connectivity index (χ1) is 9.74. The number of oxime groups is 1. The molecule has 3 nitrogen and oxygen atoms in total. The van der Waals surface area contributed by atoms with Crippen LogP contribution in [0.1, 0.15) is 57.9 Å². The molecule has 0 aliphatic heterocycles. The van der Waals surface area contributed by atoms with E-state index in [0.717, 1.165) is 19.3 Å². The van der Waals surface area contributed by atoms with E-state index in [0.29, 0.717) is 0 Å². The minimum atomic E-state index is -0.163. The summed E-state index contributed by atoms with van der Waals surface area (Å²) in [7, 11) is 0. The topological polar surface area (TPSA) is 52.8 Å². The summed E-state index contributed by atoms with van der Waals surface area (Å²) in [5.74, 6) is 0. The molecule has 0 amide bonds. The van der Waals surface area contributed by atoms with Crippen molar-refractivity contribution in [2.75, 3.05) is 0 Å². The van der Waals surface area contributed by atoms with Crippen LogP contribution < -0.4 is 0 Å². The SMILES string of the molecule is CC=NO.CCCCCCCC(O)Cc1ccccc1. The Morgan fingerprint density at radius 3 is 2.25 bits per heavy atom. The number of unbranched alkanes of at least 4 members (excludes halogenated alkanes) is 4. The third-order valence-corrected chi connectivity index (χ3v) is 3.07. The fourth-order valence-corrected chi connectivity index (χ4v) is 1.97. The number of hydrogen-bond donors (Lipinski definition) is 2. The molecule has 0 fully saturated rings.